The van der Waals surface area contributed by atoms with Gasteiger partial charge in [0.15, 0.2) is 0 Å². The molecule has 0 radical (unpaired) electrons. The molecule has 5 saturated carbocycles. The monoisotopic (exact) mass is 344 g/mol. The van der Waals surface area contributed by atoms with Gasteiger partial charge in [-0.05, 0) is 112 Å². The van der Waals surface area contributed by atoms with E-state index < -0.39 is 0 Å². The fourth-order valence-corrected chi connectivity index (χ4v) is 9.26. The molecule has 0 aromatic heterocycles. The number of aliphatic hydroxyl groups is 1. The van der Waals surface area contributed by atoms with Crippen LogP contribution in [0.15, 0.2) is 0 Å². The molecule has 25 heavy (non-hydrogen) atoms. The van der Waals surface area contributed by atoms with Crippen molar-refractivity contribution in [3.63, 3.8) is 0 Å². The quantitative estimate of drug-likeness (QED) is 0.600. The summed E-state index contributed by atoms with van der Waals surface area (Å²) in [4.78, 5) is 0. The van der Waals surface area contributed by atoms with Crippen molar-refractivity contribution < 1.29 is 5.11 Å². The Morgan fingerprint density at radius 2 is 1.36 bits per heavy atom. The van der Waals surface area contributed by atoms with E-state index in [0.29, 0.717) is 5.41 Å². The van der Waals surface area contributed by atoms with Gasteiger partial charge in [0.25, 0.3) is 0 Å². The first kappa shape index (κ1) is 17.1. The first-order valence-electron chi connectivity index (χ1n) is 11.7. The third-order valence-electron chi connectivity index (χ3n) is 10.3. The third-order valence-corrected chi connectivity index (χ3v) is 10.3. The summed E-state index contributed by atoms with van der Waals surface area (Å²) >= 11 is 0. The fourth-order valence-electron chi connectivity index (χ4n) is 9.26. The van der Waals surface area contributed by atoms with Crippen molar-refractivity contribution in [3.05, 3.63) is 0 Å². The molecular weight excluding hydrogens is 304 g/mol. The van der Waals surface area contributed by atoms with Gasteiger partial charge in [-0.15, -0.1) is 0 Å². The minimum absolute atomic E-state index is 0.363. The lowest BCUT2D eigenvalue weighted by Gasteiger charge is -2.57. The van der Waals surface area contributed by atoms with Crippen LogP contribution in [0.2, 0.25) is 0 Å². The van der Waals surface area contributed by atoms with Crippen LogP contribution in [0, 0.1) is 46.8 Å². The third kappa shape index (κ3) is 2.66. The zero-order valence-electron chi connectivity index (χ0n) is 16.7. The minimum Gasteiger partial charge on any atom is -0.390 e. The summed E-state index contributed by atoms with van der Waals surface area (Å²) in [5, 5.41) is 10.6. The van der Waals surface area contributed by atoms with Crippen LogP contribution in [-0.4, -0.2) is 10.7 Å². The van der Waals surface area contributed by atoms with E-state index in [4.69, 9.17) is 0 Å². The molecule has 0 saturated heterocycles. The molecule has 0 aromatic carbocycles. The standard InChI is InChI=1S/C24H40O/c1-23(25)13-11-18-17(15-23)7-8-20-19(18)12-14-24(2)21(9-10-22(20)24)16-5-3-4-6-16/h16-22,25H,3-15H2,1-2H3/t17-,18+,19-,20-,21-,22+,23-,24-/m1/s1. The molecular formula is C24H40O. The van der Waals surface area contributed by atoms with Gasteiger partial charge in [-0.3, -0.25) is 0 Å². The predicted molar refractivity (Wildman–Crippen MR) is 103 cm³/mol. The SMILES string of the molecule is C[C@@]1(O)CC[C@H]2[C@H](CC[C@@H]3[C@@H]2CC[C@]2(C)[C@@H](C4CCCC4)CC[C@@H]32)C1. The molecule has 5 aliphatic rings. The number of hydrogen-bond acceptors (Lipinski definition) is 1. The van der Waals surface area contributed by atoms with E-state index >= 15 is 0 Å². The average Bonchev–Trinajstić information content (AvgIpc) is 3.20. The molecule has 1 nitrogen and oxygen atoms in total. The molecule has 5 fully saturated rings. The van der Waals surface area contributed by atoms with Crippen LogP contribution in [0.1, 0.15) is 97.3 Å². The molecule has 0 spiro atoms. The highest BCUT2D eigenvalue weighted by Gasteiger charge is 2.58. The molecule has 0 unspecified atom stereocenters. The van der Waals surface area contributed by atoms with Crippen LogP contribution >= 0.6 is 0 Å². The summed E-state index contributed by atoms with van der Waals surface area (Å²) in [6.45, 7) is 4.82. The summed E-state index contributed by atoms with van der Waals surface area (Å²) in [5.41, 5.74) is 0.321. The Labute approximate surface area is 155 Å². The maximum Gasteiger partial charge on any atom is 0.0622 e. The molecule has 8 atom stereocenters. The van der Waals surface area contributed by atoms with Gasteiger partial charge in [0.1, 0.15) is 0 Å². The van der Waals surface area contributed by atoms with Gasteiger partial charge >= 0.3 is 0 Å². The Kier molecular flexibility index (Phi) is 4.09. The van der Waals surface area contributed by atoms with Gasteiger partial charge in [0.2, 0.25) is 0 Å². The van der Waals surface area contributed by atoms with E-state index in [1.807, 2.05) is 0 Å². The van der Waals surface area contributed by atoms with Gasteiger partial charge in [0, 0.05) is 0 Å². The summed E-state index contributed by atoms with van der Waals surface area (Å²) in [7, 11) is 0. The van der Waals surface area contributed by atoms with E-state index in [9.17, 15) is 5.11 Å². The topological polar surface area (TPSA) is 20.2 Å². The summed E-state index contributed by atoms with van der Waals surface area (Å²) in [5.74, 6) is 7.01. The van der Waals surface area contributed by atoms with Gasteiger partial charge < -0.3 is 5.11 Å². The van der Waals surface area contributed by atoms with Gasteiger partial charge in [-0.25, -0.2) is 0 Å². The maximum absolute atomic E-state index is 10.6. The minimum atomic E-state index is -0.363. The summed E-state index contributed by atoms with van der Waals surface area (Å²) in [6, 6.07) is 0. The lowest BCUT2D eigenvalue weighted by atomic mass is 9.48. The predicted octanol–water partition coefficient (Wildman–Crippen LogP) is 6.20. The molecule has 0 aromatic rings. The number of hydrogen-bond donors (Lipinski definition) is 1. The van der Waals surface area contributed by atoms with E-state index in [-0.39, 0.29) is 5.60 Å². The molecule has 142 valence electrons. The zero-order chi connectivity index (χ0) is 17.2. The Morgan fingerprint density at radius 1 is 0.640 bits per heavy atom. The Balaban J connectivity index is 1.35. The van der Waals surface area contributed by atoms with Crippen LogP contribution in [0.3, 0.4) is 0 Å². The molecule has 0 aliphatic heterocycles. The lowest BCUT2D eigenvalue weighted by molar-refractivity contribution is -0.103. The molecule has 0 bridgehead atoms. The molecule has 1 N–H and O–H groups in total. The smallest absolute Gasteiger partial charge is 0.0622 e. The molecule has 0 heterocycles. The van der Waals surface area contributed by atoms with E-state index in [1.165, 1.54) is 44.9 Å². The van der Waals surface area contributed by atoms with Crippen LogP contribution in [-0.2, 0) is 0 Å². The van der Waals surface area contributed by atoms with Crippen LogP contribution in [0.4, 0.5) is 0 Å². The fraction of sp³-hybridized carbons (Fsp3) is 1.00. The van der Waals surface area contributed by atoms with Crippen molar-refractivity contribution in [2.24, 2.45) is 46.8 Å². The van der Waals surface area contributed by atoms with E-state index in [0.717, 1.165) is 54.3 Å². The lowest BCUT2D eigenvalue weighted by Crippen LogP contribution is -2.50. The van der Waals surface area contributed by atoms with E-state index in [1.54, 1.807) is 25.7 Å². The van der Waals surface area contributed by atoms with Gasteiger partial charge in [0.05, 0.1) is 5.60 Å². The largest absolute Gasteiger partial charge is 0.390 e. The highest BCUT2D eigenvalue weighted by atomic mass is 16.3. The molecule has 5 aliphatic carbocycles. The zero-order valence-corrected chi connectivity index (χ0v) is 16.7. The number of fused-ring (bicyclic) bond motifs is 5. The second-order valence-electron chi connectivity index (χ2n) is 11.4. The van der Waals surface area contributed by atoms with Crippen LogP contribution in [0.25, 0.3) is 0 Å². The van der Waals surface area contributed by atoms with Crippen molar-refractivity contribution in [2.45, 2.75) is 103 Å². The Bertz CT molecular complexity index is 504. The van der Waals surface area contributed by atoms with Crippen molar-refractivity contribution in [2.75, 3.05) is 0 Å². The van der Waals surface area contributed by atoms with Crippen molar-refractivity contribution in [3.8, 4) is 0 Å². The first-order chi connectivity index (χ1) is 12.0. The van der Waals surface area contributed by atoms with Crippen molar-refractivity contribution >= 4 is 0 Å². The summed E-state index contributed by atoms with van der Waals surface area (Å²) < 4.78 is 0. The van der Waals surface area contributed by atoms with Gasteiger partial charge in [-0.2, -0.15) is 0 Å². The normalized spacial score (nSPS) is 56.3. The second-order valence-corrected chi connectivity index (χ2v) is 11.4. The second kappa shape index (κ2) is 5.98. The van der Waals surface area contributed by atoms with Crippen molar-refractivity contribution in [1.29, 1.82) is 0 Å². The maximum atomic E-state index is 10.6. The van der Waals surface area contributed by atoms with Crippen molar-refractivity contribution in [1.82, 2.24) is 0 Å². The highest BCUT2D eigenvalue weighted by molar-refractivity contribution is 5.08. The average molecular weight is 345 g/mol. The Morgan fingerprint density at radius 3 is 2.16 bits per heavy atom. The van der Waals surface area contributed by atoms with Crippen LogP contribution in [0.5, 0.6) is 0 Å². The molecule has 0 amide bonds. The Hall–Kier alpha value is -0.0400. The highest BCUT2D eigenvalue weighted by Crippen LogP contribution is 2.66. The molecule has 1 heteroatoms. The van der Waals surface area contributed by atoms with Crippen LogP contribution < -0.4 is 0 Å². The van der Waals surface area contributed by atoms with E-state index in [2.05, 4.69) is 13.8 Å². The number of rotatable bonds is 1. The summed E-state index contributed by atoms with van der Waals surface area (Å²) in [6.07, 6.45) is 18.6. The van der Waals surface area contributed by atoms with Gasteiger partial charge in [-0.1, -0.05) is 32.6 Å². The molecule has 5 rings (SSSR count). The first-order valence-corrected chi connectivity index (χ1v) is 11.7.